The third-order valence-corrected chi connectivity index (χ3v) is 4.29. The topological polar surface area (TPSA) is 69.7 Å². The lowest BCUT2D eigenvalue weighted by molar-refractivity contribution is -0.130. The minimum atomic E-state index is -0.862. The molecular weight excluding hydrogens is 380 g/mol. The molecule has 1 saturated heterocycles. The highest BCUT2D eigenvalue weighted by Gasteiger charge is 2.44. The summed E-state index contributed by atoms with van der Waals surface area (Å²) in [6, 6.07) is 7.10. The number of benzene rings is 2. The number of carbonyl (C=O) groups excluding carboxylic acids is 3. The van der Waals surface area contributed by atoms with Crippen molar-refractivity contribution in [2.75, 3.05) is 16.8 Å². The smallest absolute Gasteiger partial charge is 0.322 e. The van der Waals surface area contributed by atoms with E-state index in [1.807, 2.05) is 0 Å². The van der Waals surface area contributed by atoms with Crippen LogP contribution in [0.2, 0.25) is 5.02 Å². The summed E-state index contributed by atoms with van der Waals surface area (Å²) in [5, 5.41) is 2.50. The zero-order valence-electron chi connectivity index (χ0n) is 14.1. The molecule has 4 amide bonds. The zero-order valence-corrected chi connectivity index (χ0v) is 14.8. The fraction of sp³-hybridized carbons (Fsp3) is 0.167. The van der Waals surface area contributed by atoms with E-state index in [1.165, 1.54) is 31.2 Å². The van der Waals surface area contributed by atoms with Gasteiger partial charge in [0.2, 0.25) is 5.91 Å². The van der Waals surface area contributed by atoms with Crippen LogP contribution in [0.5, 0.6) is 0 Å². The van der Waals surface area contributed by atoms with Crippen LogP contribution >= 0.6 is 11.6 Å². The molecule has 2 aromatic carbocycles. The molecule has 1 aliphatic rings. The van der Waals surface area contributed by atoms with Gasteiger partial charge in [-0.3, -0.25) is 19.4 Å². The number of urea groups is 1. The second-order valence-corrected chi connectivity index (χ2v) is 6.34. The van der Waals surface area contributed by atoms with Crippen molar-refractivity contribution in [3.05, 3.63) is 59.1 Å². The van der Waals surface area contributed by atoms with Crippen molar-refractivity contribution >= 4 is 40.8 Å². The van der Waals surface area contributed by atoms with E-state index in [1.54, 1.807) is 0 Å². The van der Waals surface area contributed by atoms with Crippen LogP contribution in [0.3, 0.4) is 0 Å². The third kappa shape index (κ3) is 3.75. The van der Waals surface area contributed by atoms with Gasteiger partial charge in [0.05, 0.1) is 5.69 Å². The fourth-order valence-electron chi connectivity index (χ4n) is 2.73. The average Bonchev–Trinajstić information content (AvgIpc) is 2.83. The average molecular weight is 394 g/mol. The molecule has 1 unspecified atom stereocenters. The molecule has 1 aliphatic heterocycles. The molecule has 9 heteroatoms. The number of anilines is 2. The Morgan fingerprint density at radius 2 is 1.81 bits per heavy atom. The van der Waals surface area contributed by atoms with Crippen LogP contribution in [0, 0.1) is 11.6 Å². The lowest BCUT2D eigenvalue weighted by Gasteiger charge is -2.19. The number of carbonyl (C=O) groups is 3. The molecule has 1 fully saturated rings. The first-order chi connectivity index (χ1) is 12.8. The van der Waals surface area contributed by atoms with Crippen molar-refractivity contribution < 1.29 is 23.2 Å². The SMILES string of the molecule is CC1C(=O)N(CC(=O)Nc2cc(Cl)ccc2F)C(=O)N1c1ccc(F)cc1. The standard InChI is InChI=1S/C18H14ClF2N3O3/c1-10-17(26)23(18(27)24(10)13-5-3-12(20)4-6-13)9-16(25)22-15-8-11(19)2-7-14(15)21/h2-8,10H,9H2,1H3,(H,22,25). The van der Waals surface area contributed by atoms with Gasteiger partial charge in [-0.05, 0) is 49.4 Å². The molecule has 1 heterocycles. The summed E-state index contributed by atoms with van der Waals surface area (Å²) in [6.07, 6.45) is 0. The summed E-state index contributed by atoms with van der Waals surface area (Å²) in [6.45, 7) is 0.907. The highest BCUT2D eigenvalue weighted by Crippen LogP contribution is 2.26. The molecule has 0 bridgehead atoms. The Labute approximate surface area is 158 Å². The van der Waals surface area contributed by atoms with Crippen LogP contribution in [0.4, 0.5) is 25.0 Å². The fourth-order valence-corrected chi connectivity index (χ4v) is 2.91. The van der Waals surface area contributed by atoms with Crippen molar-refractivity contribution in [3.8, 4) is 0 Å². The van der Waals surface area contributed by atoms with E-state index >= 15 is 0 Å². The molecule has 6 nitrogen and oxygen atoms in total. The van der Waals surface area contributed by atoms with Gasteiger partial charge in [0.15, 0.2) is 0 Å². The van der Waals surface area contributed by atoms with Gasteiger partial charge in [-0.1, -0.05) is 11.6 Å². The molecule has 140 valence electrons. The summed E-state index contributed by atoms with van der Waals surface area (Å²) in [5.74, 6) is -2.53. The second-order valence-electron chi connectivity index (χ2n) is 5.90. The van der Waals surface area contributed by atoms with Gasteiger partial charge in [-0.15, -0.1) is 0 Å². The number of hydrogen-bond acceptors (Lipinski definition) is 3. The first-order valence-corrected chi connectivity index (χ1v) is 8.31. The second kappa shape index (κ2) is 7.32. The maximum atomic E-state index is 13.7. The summed E-state index contributed by atoms with van der Waals surface area (Å²) < 4.78 is 26.8. The van der Waals surface area contributed by atoms with E-state index in [4.69, 9.17) is 11.6 Å². The molecule has 0 aromatic heterocycles. The van der Waals surface area contributed by atoms with Crippen LogP contribution in [-0.2, 0) is 9.59 Å². The molecule has 2 aromatic rings. The highest BCUT2D eigenvalue weighted by molar-refractivity contribution is 6.31. The number of nitrogens with one attached hydrogen (secondary N) is 1. The Bertz CT molecular complexity index is 921. The monoisotopic (exact) mass is 393 g/mol. The van der Waals surface area contributed by atoms with Gasteiger partial charge in [0, 0.05) is 10.7 Å². The molecule has 0 saturated carbocycles. The molecule has 1 atom stereocenters. The van der Waals surface area contributed by atoms with Crippen molar-refractivity contribution in [3.63, 3.8) is 0 Å². The maximum absolute atomic E-state index is 13.7. The molecule has 1 N–H and O–H groups in total. The van der Waals surface area contributed by atoms with Gasteiger partial charge in [0.25, 0.3) is 5.91 Å². The van der Waals surface area contributed by atoms with Crippen LogP contribution in [-0.4, -0.2) is 35.3 Å². The van der Waals surface area contributed by atoms with Gasteiger partial charge < -0.3 is 5.32 Å². The lowest BCUT2D eigenvalue weighted by Crippen LogP contribution is -2.39. The van der Waals surface area contributed by atoms with E-state index in [0.29, 0.717) is 5.69 Å². The van der Waals surface area contributed by atoms with Crippen molar-refractivity contribution in [2.24, 2.45) is 0 Å². The Hall–Kier alpha value is -3.00. The molecule has 27 heavy (non-hydrogen) atoms. The number of imide groups is 1. The molecular formula is C18H14ClF2N3O3. The van der Waals surface area contributed by atoms with Crippen LogP contribution < -0.4 is 10.2 Å². The number of halogens is 3. The lowest BCUT2D eigenvalue weighted by atomic mass is 10.2. The molecule has 0 spiro atoms. The molecule has 0 radical (unpaired) electrons. The van der Waals surface area contributed by atoms with Crippen molar-refractivity contribution in [1.82, 2.24) is 4.90 Å². The predicted molar refractivity (Wildman–Crippen MR) is 95.5 cm³/mol. The number of rotatable bonds is 4. The minimum Gasteiger partial charge on any atom is -0.322 e. The maximum Gasteiger partial charge on any atom is 0.332 e. The number of amides is 4. The van der Waals surface area contributed by atoms with Gasteiger partial charge in [0.1, 0.15) is 24.2 Å². The first kappa shape index (κ1) is 18.8. The van der Waals surface area contributed by atoms with E-state index in [2.05, 4.69) is 5.32 Å². The van der Waals surface area contributed by atoms with Gasteiger partial charge in [-0.25, -0.2) is 13.6 Å². The Morgan fingerprint density at radius 3 is 2.48 bits per heavy atom. The molecule has 3 rings (SSSR count). The van der Waals surface area contributed by atoms with Gasteiger partial charge >= 0.3 is 6.03 Å². The largest absolute Gasteiger partial charge is 0.332 e. The van der Waals surface area contributed by atoms with Crippen LogP contribution in [0.1, 0.15) is 6.92 Å². The zero-order chi connectivity index (χ0) is 19.7. The Balaban J connectivity index is 1.75. The predicted octanol–water partition coefficient (Wildman–Crippen LogP) is 3.41. The van der Waals surface area contributed by atoms with Crippen molar-refractivity contribution in [1.29, 1.82) is 0 Å². The van der Waals surface area contributed by atoms with Crippen LogP contribution in [0.25, 0.3) is 0 Å². The first-order valence-electron chi connectivity index (χ1n) is 7.93. The minimum absolute atomic E-state index is 0.157. The Kier molecular flexibility index (Phi) is 5.09. The summed E-state index contributed by atoms with van der Waals surface area (Å²) in [7, 11) is 0. The van der Waals surface area contributed by atoms with Crippen molar-refractivity contribution in [2.45, 2.75) is 13.0 Å². The number of nitrogens with zero attached hydrogens (tertiary/aromatic N) is 2. The molecule has 0 aliphatic carbocycles. The third-order valence-electron chi connectivity index (χ3n) is 4.06. The van der Waals surface area contributed by atoms with E-state index in [9.17, 15) is 23.2 Å². The summed E-state index contributed by atoms with van der Waals surface area (Å²) in [4.78, 5) is 39.1. The van der Waals surface area contributed by atoms with Gasteiger partial charge in [-0.2, -0.15) is 0 Å². The van der Waals surface area contributed by atoms with E-state index < -0.39 is 42.1 Å². The van der Waals surface area contributed by atoms with E-state index in [0.717, 1.165) is 28.0 Å². The quantitative estimate of drug-likeness (QED) is 0.809. The van der Waals surface area contributed by atoms with Crippen LogP contribution in [0.15, 0.2) is 42.5 Å². The summed E-state index contributed by atoms with van der Waals surface area (Å²) >= 11 is 5.76. The number of hydrogen-bond donors (Lipinski definition) is 1. The summed E-state index contributed by atoms with van der Waals surface area (Å²) in [5.41, 5.74) is 0.168. The normalized spacial score (nSPS) is 16.8. The highest BCUT2D eigenvalue weighted by atomic mass is 35.5. The van der Waals surface area contributed by atoms with E-state index in [-0.39, 0.29) is 10.7 Å². The Morgan fingerprint density at radius 1 is 1.15 bits per heavy atom.